The van der Waals surface area contributed by atoms with Gasteiger partial charge in [-0.05, 0) is 68.6 Å². The van der Waals surface area contributed by atoms with Crippen molar-refractivity contribution in [2.24, 2.45) is 28.9 Å². The zero-order valence-corrected chi connectivity index (χ0v) is 11.9. The molecule has 19 heavy (non-hydrogen) atoms. The van der Waals surface area contributed by atoms with E-state index < -0.39 is 6.04 Å². The van der Waals surface area contributed by atoms with Crippen LogP contribution in [0, 0.1) is 23.2 Å². The number of hydrogen-bond donors (Lipinski definition) is 2. The zero-order chi connectivity index (χ0) is 13.5. The minimum absolute atomic E-state index is 0.0600. The van der Waals surface area contributed by atoms with Gasteiger partial charge in [-0.15, -0.1) is 0 Å². The second kappa shape index (κ2) is 4.93. The van der Waals surface area contributed by atoms with Crippen molar-refractivity contribution >= 4 is 5.91 Å². The molecule has 1 atom stereocenters. The van der Waals surface area contributed by atoms with Gasteiger partial charge in [0.25, 0.3) is 0 Å². The molecule has 0 aromatic heterocycles. The SMILES string of the molecule is CC(N)C(=O)NC/C=C/C12CC3CC(CC(C3)C1)C2. The molecule has 4 rings (SSSR count). The number of allylic oxidation sites excluding steroid dienone is 1. The van der Waals surface area contributed by atoms with Crippen LogP contribution in [0.5, 0.6) is 0 Å². The minimum atomic E-state index is -0.409. The Bertz CT molecular complexity index is 351. The van der Waals surface area contributed by atoms with Crippen molar-refractivity contribution in [2.75, 3.05) is 6.54 Å². The first-order valence-electron chi connectivity index (χ1n) is 7.77. The number of carbonyl (C=O) groups excluding carboxylic acids is 1. The van der Waals surface area contributed by atoms with Gasteiger partial charge in [-0.2, -0.15) is 0 Å². The third-order valence-corrected chi connectivity index (χ3v) is 5.36. The van der Waals surface area contributed by atoms with E-state index in [0.717, 1.165) is 17.8 Å². The molecule has 1 unspecified atom stereocenters. The van der Waals surface area contributed by atoms with E-state index >= 15 is 0 Å². The first kappa shape index (κ1) is 13.2. The molecule has 0 aromatic rings. The van der Waals surface area contributed by atoms with E-state index in [1.54, 1.807) is 6.92 Å². The Kier molecular flexibility index (Phi) is 3.42. The summed E-state index contributed by atoms with van der Waals surface area (Å²) in [5, 5.41) is 2.86. The molecule has 4 fully saturated rings. The van der Waals surface area contributed by atoms with Gasteiger partial charge in [0, 0.05) is 6.54 Å². The lowest BCUT2D eigenvalue weighted by Crippen LogP contribution is -2.45. The number of nitrogens with one attached hydrogen (secondary N) is 1. The Morgan fingerprint density at radius 3 is 2.26 bits per heavy atom. The van der Waals surface area contributed by atoms with Crippen LogP contribution >= 0.6 is 0 Å². The van der Waals surface area contributed by atoms with Crippen LogP contribution in [-0.2, 0) is 4.79 Å². The Morgan fingerprint density at radius 2 is 1.79 bits per heavy atom. The average Bonchev–Trinajstić information content (AvgIpc) is 2.32. The molecule has 0 radical (unpaired) electrons. The van der Waals surface area contributed by atoms with Gasteiger partial charge in [0.2, 0.25) is 5.91 Å². The summed E-state index contributed by atoms with van der Waals surface area (Å²) in [6.07, 6.45) is 13.2. The predicted molar refractivity (Wildman–Crippen MR) is 76.4 cm³/mol. The molecule has 0 heterocycles. The van der Waals surface area contributed by atoms with E-state index in [1.807, 2.05) is 0 Å². The van der Waals surface area contributed by atoms with Crippen molar-refractivity contribution in [1.82, 2.24) is 5.32 Å². The molecule has 4 aliphatic rings. The van der Waals surface area contributed by atoms with Crippen molar-refractivity contribution in [3.8, 4) is 0 Å². The van der Waals surface area contributed by atoms with Gasteiger partial charge in [-0.3, -0.25) is 4.79 Å². The minimum Gasteiger partial charge on any atom is -0.351 e. The van der Waals surface area contributed by atoms with Crippen LogP contribution in [0.15, 0.2) is 12.2 Å². The quantitative estimate of drug-likeness (QED) is 0.763. The third kappa shape index (κ3) is 2.71. The first-order chi connectivity index (χ1) is 9.06. The van der Waals surface area contributed by atoms with Crippen LogP contribution in [0.4, 0.5) is 0 Å². The molecule has 3 heteroatoms. The van der Waals surface area contributed by atoms with E-state index in [0.29, 0.717) is 12.0 Å². The lowest BCUT2D eigenvalue weighted by atomic mass is 9.49. The molecule has 3 N–H and O–H groups in total. The lowest BCUT2D eigenvalue weighted by molar-refractivity contribution is -0.121. The van der Waals surface area contributed by atoms with Crippen LogP contribution < -0.4 is 11.1 Å². The Labute approximate surface area is 116 Å². The number of carbonyl (C=O) groups is 1. The molecule has 1 amide bonds. The van der Waals surface area contributed by atoms with Gasteiger partial charge in [0.15, 0.2) is 0 Å². The molecule has 0 aromatic carbocycles. The summed E-state index contributed by atoms with van der Waals surface area (Å²) < 4.78 is 0. The number of hydrogen-bond acceptors (Lipinski definition) is 2. The van der Waals surface area contributed by atoms with E-state index in [1.165, 1.54) is 38.5 Å². The van der Waals surface area contributed by atoms with Crippen molar-refractivity contribution in [3.05, 3.63) is 12.2 Å². The van der Waals surface area contributed by atoms with Gasteiger partial charge in [0.1, 0.15) is 0 Å². The molecule has 0 aliphatic heterocycles. The first-order valence-corrected chi connectivity index (χ1v) is 7.77. The van der Waals surface area contributed by atoms with Crippen LogP contribution in [0.25, 0.3) is 0 Å². The maximum absolute atomic E-state index is 11.4. The Hall–Kier alpha value is -0.830. The largest absolute Gasteiger partial charge is 0.351 e. The Balaban J connectivity index is 1.56. The summed E-state index contributed by atoms with van der Waals surface area (Å²) >= 11 is 0. The second-order valence-corrected chi connectivity index (χ2v) is 7.22. The van der Waals surface area contributed by atoms with E-state index in [9.17, 15) is 4.79 Å². The van der Waals surface area contributed by atoms with Crippen molar-refractivity contribution in [3.63, 3.8) is 0 Å². The van der Waals surface area contributed by atoms with E-state index in [-0.39, 0.29) is 5.91 Å². The standard InChI is InChI=1S/C16H26N2O/c1-11(17)15(19)18-4-2-3-16-8-12-5-13(9-16)7-14(6-12)10-16/h2-3,11-14H,4-10,17H2,1H3,(H,18,19)/b3-2+. The highest BCUT2D eigenvalue weighted by molar-refractivity contribution is 5.81. The van der Waals surface area contributed by atoms with Crippen LogP contribution in [0.3, 0.4) is 0 Å². The molecule has 0 spiro atoms. The highest BCUT2D eigenvalue weighted by Gasteiger charge is 2.49. The fourth-order valence-electron chi connectivity index (χ4n) is 5.01. The predicted octanol–water partition coefficient (Wildman–Crippen LogP) is 2.22. The summed E-state index contributed by atoms with van der Waals surface area (Å²) in [5.74, 6) is 2.88. The number of nitrogens with two attached hydrogens (primary N) is 1. The smallest absolute Gasteiger partial charge is 0.236 e. The van der Waals surface area contributed by atoms with E-state index in [2.05, 4.69) is 17.5 Å². The summed E-state index contributed by atoms with van der Waals surface area (Å²) in [6.45, 7) is 2.35. The molecular formula is C16H26N2O. The highest BCUT2D eigenvalue weighted by Crippen LogP contribution is 2.60. The molecule has 4 aliphatic carbocycles. The zero-order valence-electron chi connectivity index (χ0n) is 11.9. The summed E-state index contributed by atoms with van der Waals surface area (Å²) in [7, 11) is 0. The van der Waals surface area contributed by atoms with Crippen LogP contribution in [0.1, 0.15) is 45.4 Å². The fraction of sp³-hybridized carbons (Fsp3) is 0.812. The van der Waals surface area contributed by atoms with Crippen molar-refractivity contribution in [2.45, 2.75) is 51.5 Å². The van der Waals surface area contributed by atoms with Crippen molar-refractivity contribution in [1.29, 1.82) is 0 Å². The van der Waals surface area contributed by atoms with Crippen LogP contribution in [-0.4, -0.2) is 18.5 Å². The Morgan fingerprint density at radius 1 is 1.26 bits per heavy atom. The molecular weight excluding hydrogens is 236 g/mol. The average molecular weight is 262 g/mol. The molecule has 0 saturated heterocycles. The second-order valence-electron chi connectivity index (χ2n) is 7.22. The number of rotatable bonds is 4. The molecule has 106 valence electrons. The topological polar surface area (TPSA) is 55.1 Å². The summed E-state index contributed by atoms with van der Waals surface area (Å²) in [5.41, 5.74) is 5.99. The fourth-order valence-corrected chi connectivity index (χ4v) is 5.01. The summed E-state index contributed by atoms with van der Waals surface area (Å²) in [6, 6.07) is -0.409. The van der Waals surface area contributed by atoms with Gasteiger partial charge in [-0.25, -0.2) is 0 Å². The molecule has 4 bridgehead atoms. The maximum atomic E-state index is 11.4. The molecule has 4 saturated carbocycles. The van der Waals surface area contributed by atoms with Crippen LogP contribution in [0.2, 0.25) is 0 Å². The lowest BCUT2D eigenvalue weighted by Gasteiger charge is -2.55. The van der Waals surface area contributed by atoms with Gasteiger partial charge < -0.3 is 11.1 Å². The van der Waals surface area contributed by atoms with Gasteiger partial charge in [-0.1, -0.05) is 12.2 Å². The number of amides is 1. The maximum Gasteiger partial charge on any atom is 0.236 e. The monoisotopic (exact) mass is 262 g/mol. The van der Waals surface area contributed by atoms with Gasteiger partial charge >= 0.3 is 0 Å². The highest BCUT2D eigenvalue weighted by atomic mass is 16.2. The van der Waals surface area contributed by atoms with Crippen molar-refractivity contribution < 1.29 is 4.79 Å². The third-order valence-electron chi connectivity index (χ3n) is 5.36. The summed E-state index contributed by atoms with van der Waals surface area (Å²) in [4.78, 5) is 11.4. The van der Waals surface area contributed by atoms with E-state index in [4.69, 9.17) is 5.73 Å². The normalized spacial score (nSPS) is 41.7. The molecule has 3 nitrogen and oxygen atoms in total. The van der Waals surface area contributed by atoms with Gasteiger partial charge in [0.05, 0.1) is 6.04 Å².